The first-order valence-corrected chi connectivity index (χ1v) is 6.53. The van der Waals surface area contributed by atoms with Crippen molar-refractivity contribution < 1.29 is 4.79 Å². The third-order valence-electron chi connectivity index (χ3n) is 3.60. The maximum absolute atomic E-state index is 11.5. The quantitative estimate of drug-likeness (QED) is 0.803. The summed E-state index contributed by atoms with van der Waals surface area (Å²) in [5.74, 6) is 0.376. The van der Waals surface area contributed by atoms with Crippen LogP contribution in [0.5, 0.6) is 0 Å². The van der Waals surface area contributed by atoms with Crippen molar-refractivity contribution in [2.45, 2.75) is 19.4 Å². The average Bonchev–Trinajstić information content (AvgIpc) is 2.39. The molecule has 1 fully saturated rings. The zero-order valence-electron chi connectivity index (χ0n) is 10.4. The number of hydrogen-bond donors (Lipinski definition) is 0. The minimum Gasteiger partial charge on any atom is -0.298 e. The average molecular weight is 239 g/mol. The van der Waals surface area contributed by atoms with Gasteiger partial charge in [-0.1, -0.05) is 42.5 Å². The Hall–Kier alpha value is -1.67. The van der Waals surface area contributed by atoms with Crippen molar-refractivity contribution in [2.75, 3.05) is 13.1 Å². The predicted octanol–water partition coefficient (Wildman–Crippen LogP) is 3.00. The highest BCUT2D eigenvalue weighted by molar-refractivity contribution is 5.85. The first kappa shape index (κ1) is 11.4. The Labute approximate surface area is 107 Å². The number of likely N-dealkylation sites (tertiary alicyclic amines) is 1. The molecule has 2 aromatic rings. The van der Waals surface area contributed by atoms with Gasteiger partial charge in [-0.2, -0.15) is 0 Å². The summed E-state index contributed by atoms with van der Waals surface area (Å²) in [5.41, 5.74) is 1.32. The molecule has 1 aliphatic heterocycles. The van der Waals surface area contributed by atoms with Gasteiger partial charge in [0.05, 0.1) is 6.54 Å². The molecule has 2 aromatic carbocycles. The normalized spacial score (nSPS) is 17.2. The highest BCUT2D eigenvalue weighted by Crippen LogP contribution is 2.21. The van der Waals surface area contributed by atoms with Crippen LogP contribution in [0.4, 0.5) is 0 Å². The highest BCUT2D eigenvalue weighted by Gasteiger charge is 2.17. The van der Waals surface area contributed by atoms with E-state index in [-0.39, 0.29) is 0 Å². The smallest absolute Gasteiger partial charge is 0.146 e. The van der Waals surface area contributed by atoms with Crippen LogP contribution in [0.2, 0.25) is 0 Å². The van der Waals surface area contributed by atoms with Crippen LogP contribution in [0.3, 0.4) is 0 Å². The summed E-state index contributed by atoms with van der Waals surface area (Å²) < 4.78 is 0. The zero-order chi connectivity index (χ0) is 12.4. The van der Waals surface area contributed by atoms with Crippen molar-refractivity contribution in [3.63, 3.8) is 0 Å². The topological polar surface area (TPSA) is 20.3 Å². The molecule has 0 aliphatic carbocycles. The van der Waals surface area contributed by atoms with Gasteiger partial charge in [-0.05, 0) is 29.3 Å². The summed E-state index contributed by atoms with van der Waals surface area (Å²) in [6.07, 6.45) is 1.76. The number of carbonyl (C=O) groups is 1. The van der Waals surface area contributed by atoms with Gasteiger partial charge in [-0.3, -0.25) is 9.69 Å². The van der Waals surface area contributed by atoms with Crippen LogP contribution in [0.1, 0.15) is 18.4 Å². The van der Waals surface area contributed by atoms with Crippen LogP contribution in [-0.4, -0.2) is 23.8 Å². The lowest BCUT2D eigenvalue weighted by Gasteiger charge is -2.26. The van der Waals surface area contributed by atoms with E-state index in [1.807, 2.05) is 0 Å². The zero-order valence-corrected chi connectivity index (χ0v) is 10.4. The Morgan fingerprint density at radius 1 is 1.06 bits per heavy atom. The molecule has 0 bridgehead atoms. The number of benzene rings is 2. The van der Waals surface area contributed by atoms with Crippen LogP contribution < -0.4 is 0 Å². The molecule has 18 heavy (non-hydrogen) atoms. The summed E-state index contributed by atoms with van der Waals surface area (Å²) in [6, 6.07) is 14.9. The third-order valence-corrected chi connectivity index (χ3v) is 3.60. The number of rotatable bonds is 2. The summed E-state index contributed by atoms with van der Waals surface area (Å²) in [4.78, 5) is 13.7. The highest BCUT2D eigenvalue weighted by atomic mass is 16.1. The molecular weight excluding hydrogens is 222 g/mol. The SMILES string of the molecule is O=C1CCCN(Cc2cccc3ccccc23)C1. The van der Waals surface area contributed by atoms with Crippen LogP contribution in [0.15, 0.2) is 42.5 Å². The maximum atomic E-state index is 11.5. The molecule has 3 rings (SSSR count). The van der Waals surface area contributed by atoms with Crippen molar-refractivity contribution in [1.29, 1.82) is 0 Å². The van der Waals surface area contributed by atoms with Gasteiger partial charge in [0.15, 0.2) is 0 Å². The lowest BCUT2D eigenvalue weighted by Crippen LogP contribution is -2.35. The molecule has 0 saturated carbocycles. The molecule has 2 heteroatoms. The van der Waals surface area contributed by atoms with Crippen molar-refractivity contribution in [3.05, 3.63) is 48.0 Å². The number of piperidine rings is 1. The van der Waals surface area contributed by atoms with E-state index in [4.69, 9.17) is 0 Å². The second kappa shape index (κ2) is 4.91. The first-order valence-electron chi connectivity index (χ1n) is 6.53. The fraction of sp³-hybridized carbons (Fsp3) is 0.312. The second-order valence-corrected chi connectivity index (χ2v) is 4.99. The Kier molecular flexibility index (Phi) is 3.11. The molecule has 2 nitrogen and oxygen atoms in total. The Morgan fingerprint density at radius 2 is 1.89 bits per heavy atom. The number of Topliss-reactive ketones (excluding diaryl/α,β-unsaturated/α-hetero) is 1. The molecule has 0 aromatic heterocycles. The third kappa shape index (κ3) is 2.29. The fourth-order valence-electron chi connectivity index (χ4n) is 2.71. The number of ketones is 1. The summed E-state index contributed by atoms with van der Waals surface area (Å²) in [6.45, 7) is 2.53. The van der Waals surface area contributed by atoms with Crippen molar-refractivity contribution in [1.82, 2.24) is 4.90 Å². The minimum atomic E-state index is 0.376. The lowest BCUT2D eigenvalue weighted by atomic mass is 10.0. The molecule has 0 spiro atoms. The summed E-state index contributed by atoms with van der Waals surface area (Å²) >= 11 is 0. The van der Waals surface area contributed by atoms with E-state index in [0.29, 0.717) is 12.3 Å². The summed E-state index contributed by atoms with van der Waals surface area (Å²) in [7, 11) is 0. The van der Waals surface area contributed by atoms with Gasteiger partial charge in [0.1, 0.15) is 5.78 Å². The second-order valence-electron chi connectivity index (χ2n) is 4.99. The molecule has 92 valence electrons. The van der Waals surface area contributed by atoms with E-state index < -0.39 is 0 Å². The van der Waals surface area contributed by atoms with Crippen LogP contribution >= 0.6 is 0 Å². The van der Waals surface area contributed by atoms with E-state index in [0.717, 1.165) is 25.9 Å². The van der Waals surface area contributed by atoms with Gasteiger partial charge in [-0.15, -0.1) is 0 Å². The monoisotopic (exact) mass is 239 g/mol. The van der Waals surface area contributed by atoms with Gasteiger partial charge in [-0.25, -0.2) is 0 Å². The molecule has 0 unspecified atom stereocenters. The molecule has 0 atom stereocenters. The van der Waals surface area contributed by atoms with Crippen LogP contribution in [0.25, 0.3) is 10.8 Å². The van der Waals surface area contributed by atoms with E-state index in [1.165, 1.54) is 16.3 Å². The van der Waals surface area contributed by atoms with Gasteiger partial charge >= 0.3 is 0 Å². The van der Waals surface area contributed by atoms with Crippen molar-refractivity contribution in [3.8, 4) is 0 Å². The standard InChI is InChI=1S/C16H17NO/c18-15-8-4-10-17(12-15)11-14-7-3-6-13-5-1-2-9-16(13)14/h1-3,5-7,9H,4,8,10-12H2. The fourth-order valence-corrected chi connectivity index (χ4v) is 2.71. The van der Waals surface area contributed by atoms with E-state index in [2.05, 4.69) is 47.4 Å². The van der Waals surface area contributed by atoms with Gasteiger partial charge in [0, 0.05) is 13.0 Å². The molecule has 0 N–H and O–H groups in total. The number of carbonyl (C=O) groups excluding carboxylic acids is 1. The lowest BCUT2D eigenvalue weighted by molar-refractivity contribution is -0.122. The molecular formula is C16H17NO. The Balaban J connectivity index is 1.88. The van der Waals surface area contributed by atoms with E-state index in [9.17, 15) is 4.79 Å². The van der Waals surface area contributed by atoms with Gasteiger partial charge in [0.2, 0.25) is 0 Å². The maximum Gasteiger partial charge on any atom is 0.146 e. The largest absolute Gasteiger partial charge is 0.298 e. The number of fused-ring (bicyclic) bond motifs is 1. The predicted molar refractivity (Wildman–Crippen MR) is 73.5 cm³/mol. The first-order chi connectivity index (χ1) is 8.83. The molecule has 1 saturated heterocycles. The van der Waals surface area contributed by atoms with E-state index >= 15 is 0 Å². The molecule has 1 heterocycles. The molecule has 0 radical (unpaired) electrons. The van der Waals surface area contributed by atoms with Gasteiger partial charge < -0.3 is 0 Å². The number of hydrogen-bond acceptors (Lipinski definition) is 2. The molecule has 0 amide bonds. The number of nitrogens with zero attached hydrogens (tertiary/aromatic N) is 1. The van der Waals surface area contributed by atoms with Crippen LogP contribution in [-0.2, 0) is 11.3 Å². The Morgan fingerprint density at radius 3 is 2.78 bits per heavy atom. The Bertz CT molecular complexity index is 571. The van der Waals surface area contributed by atoms with E-state index in [1.54, 1.807) is 0 Å². The van der Waals surface area contributed by atoms with Crippen molar-refractivity contribution >= 4 is 16.6 Å². The minimum absolute atomic E-state index is 0.376. The summed E-state index contributed by atoms with van der Waals surface area (Å²) in [5, 5.41) is 2.58. The van der Waals surface area contributed by atoms with Gasteiger partial charge in [0.25, 0.3) is 0 Å². The van der Waals surface area contributed by atoms with Crippen LogP contribution in [0, 0.1) is 0 Å². The van der Waals surface area contributed by atoms with Crippen molar-refractivity contribution in [2.24, 2.45) is 0 Å². The molecule has 1 aliphatic rings.